The Morgan fingerprint density at radius 1 is 1.38 bits per heavy atom. The zero-order valence-corrected chi connectivity index (χ0v) is 13.0. The van der Waals surface area contributed by atoms with Gasteiger partial charge in [-0.2, -0.15) is 0 Å². The van der Waals surface area contributed by atoms with Gasteiger partial charge in [-0.15, -0.1) is 0 Å². The van der Waals surface area contributed by atoms with Crippen LogP contribution in [0, 0.1) is 11.7 Å². The van der Waals surface area contributed by atoms with Crippen molar-refractivity contribution in [3.63, 3.8) is 0 Å². The van der Waals surface area contributed by atoms with E-state index in [4.69, 9.17) is 18.0 Å². The van der Waals surface area contributed by atoms with Crippen LogP contribution in [0.4, 0.5) is 4.39 Å². The highest BCUT2D eigenvalue weighted by molar-refractivity contribution is 7.80. The first kappa shape index (κ1) is 15.9. The summed E-state index contributed by atoms with van der Waals surface area (Å²) >= 11 is 5.19. The summed E-state index contributed by atoms with van der Waals surface area (Å²) in [5.74, 6) is 0.0620. The fraction of sp³-hybridized carbons (Fsp3) is 0.500. The van der Waals surface area contributed by atoms with Crippen molar-refractivity contribution in [1.29, 1.82) is 0 Å². The van der Waals surface area contributed by atoms with Gasteiger partial charge in [-0.1, -0.05) is 25.6 Å². The molecule has 5 heteroatoms. The third-order valence-electron chi connectivity index (χ3n) is 4.47. The van der Waals surface area contributed by atoms with Crippen LogP contribution in [-0.4, -0.2) is 16.4 Å². The molecule has 0 aromatic heterocycles. The van der Waals surface area contributed by atoms with Crippen LogP contribution in [0.3, 0.4) is 0 Å². The molecule has 1 saturated carbocycles. The van der Waals surface area contributed by atoms with E-state index in [1.165, 1.54) is 24.3 Å². The number of halogens is 1. The topological polar surface area (TPSA) is 55.1 Å². The van der Waals surface area contributed by atoms with Crippen molar-refractivity contribution in [2.24, 2.45) is 11.7 Å². The van der Waals surface area contributed by atoms with E-state index in [0.29, 0.717) is 16.5 Å². The normalized spacial score (nSPS) is 25.3. The van der Waals surface area contributed by atoms with Crippen molar-refractivity contribution in [1.82, 2.24) is 5.32 Å². The molecule has 0 radical (unpaired) electrons. The highest BCUT2D eigenvalue weighted by Gasteiger charge is 2.38. The highest BCUT2D eigenvalue weighted by atomic mass is 32.1. The molecular formula is C16H21FN2OS. The first-order valence-corrected chi connectivity index (χ1v) is 7.75. The first-order valence-electron chi connectivity index (χ1n) is 7.35. The quantitative estimate of drug-likeness (QED) is 0.840. The van der Waals surface area contributed by atoms with Gasteiger partial charge in [-0.3, -0.25) is 4.79 Å². The van der Waals surface area contributed by atoms with Gasteiger partial charge in [0.25, 0.3) is 5.91 Å². The van der Waals surface area contributed by atoms with Gasteiger partial charge in [0.1, 0.15) is 5.82 Å². The Morgan fingerprint density at radius 2 is 1.95 bits per heavy atom. The third-order valence-corrected chi connectivity index (χ3v) is 4.86. The standard InChI is InChI=1S/C16H21FN2OS/c1-2-11-7-9-16(10-8-11,15(18)21)19-14(20)12-3-5-13(17)6-4-12/h3-6,11H,2,7-10H2,1H3,(H2,18,21)(H,19,20). The maximum absolute atomic E-state index is 12.9. The third kappa shape index (κ3) is 3.59. The Hall–Kier alpha value is -1.49. The number of thiocarbonyl (C=S) groups is 1. The summed E-state index contributed by atoms with van der Waals surface area (Å²) in [4.78, 5) is 12.7. The largest absolute Gasteiger partial charge is 0.391 e. The lowest BCUT2D eigenvalue weighted by molar-refractivity contribution is 0.0898. The molecule has 0 aliphatic heterocycles. The first-order chi connectivity index (χ1) is 9.97. The van der Waals surface area contributed by atoms with Crippen LogP contribution < -0.4 is 11.1 Å². The second-order valence-corrected chi connectivity index (χ2v) is 6.20. The zero-order valence-electron chi connectivity index (χ0n) is 12.2. The van der Waals surface area contributed by atoms with Gasteiger partial charge in [-0.05, 0) is 55.9 Å². The SMILES string of the molecule is CCC1CCC(NC(=O)c2ccc(F)cc2)(C(N)=S)CC1. The minimum absolute atomic E-state index is 0.252. The Labute approximate surface area is 130 Å². The number of nitrogens with two attached hydrogens (primary N) is 1. The Bertz CT molecular complexity index is 522. The molecular weight excluding hydrogens is 287 g/mol. The lowest BCUT2D eigenvalue weighted by Gasteiger charge is -2.40. The average Bonchev–Trinajstić information content (AvgIpc) is 2.48. The molecule has 1 aromatic carbocycles. The van der Waals surface area contributed by atoms with Crippen LogP contribution in [-0.2, 0) is 0 Å². The predicted molar refractivity (Wildman–Crippen MR) is 85.6 cm³/mol. The Balaban J connectivity index is 2.12. The molecule has 0 heterocycles. The van der Waals surface area contributed by atoms with E-state index in [1.54, 1.807) is 0 Å². The Morgan fingerprint density at radius 3 is 2.43 bits per heavy atom. The van der Waals surface area contributed by atoms with Crippen LogP contribution in [0.15, 0.2) is 24.3 Å². The molecule has 1 aliphatic carbocycles. The van der Waals surface area contributed by atoms with Gasteiger partial charge in [0.2, 0.25) is 0 Å². The van der Waals surface area contributed by atoms with Crippen molar-refractivity contribution in [2.45, 2.75) is 44.6 Å². The molecule has 1 aliphatic rings. The molecule has 3 N–H and O–H groups in total. The molecule has 0 atom stereocenters. The van der Waals surface area contributed by atoms with Crippen LogP contribution in [0.1, 0.15) is 49.4 Å². The summed E-state index contributed by atoms with van der Waals surface area (Å²) < 4.78 is 12.9. The molecule has 2 rings (SSSR count). The maximum atomic E-state index is 12.9. The Kier molecular flexibility index (Phi) is 4.93. The number of hydrogen-bond acceptors (Lipinski definition) is 2. The highest BCUT2D eigenvalue weighted by Crippen LogP contribution is 2.34. The minimum Gasteiger partial charge on any atom is -0.391 e. The zero-order chi connectivity index (χ0) is 15.5. The van der Waals surface area contributed by atoms with Gasteiger partial charge in [0, 0.05) is 5.56 Å². The number of benzene rings is 1. The van der Waals surface area contributed by atoms with Crippen molar-refractivity contribution in [2.75, 3.05) is 0 Å². The molecule has 0 bridgehead atoms. The van der Waals surface area contributed by atoms with E-state index in [1.807, 2.05) is 0 Å². The maximum Gasteiger partial charge on any atom is 0.252 e. The van der Waals surface area contributed by atoms with E-state index in [2.05, 4.69) is 12.2 Å². The summed E-state index contributed by atoms with van der Waals surface area (Å²) in [7, 11) is 0. The number of carbonyl (C=O) groups is 1. The second-order valence-electron chi connectivity index (χ2n) is 5.76. The van der Waals surface area contributed by atoms with E-state index in [0.717, 1.165) is 32.1 Å². The number of rotatable bonds is 4. The molecule has 0 saturated heterocycles. The molecule has 0 spiro atoms. The molecule has 0 unspecified atom stereocenters. The molecule has 1 fully saturated rings. The lowest BCUT2D eigenvalue weighted by Crippen LogP contribution is -2.58. The van der Waals surface area contributed by atoms with Crippen LogP contribution in [0.5, 0.6) is 0 Å². The summed E-state index contributed by atoms with van der Waals surface area (Å²) in [6.45, 7) is 2.18. The number of carbonyl (C=O) groups excluding carboxylic acids is 1. The minimum atomic E-state index is -0.605. The summed E-state index contributed by atoms with van der Waals surface area (Å²) in [5.41, 5.74) is 5.71. The van der Waals surface area contributed by atoms with Crippen LogP contribution in [0.25, 0.3) is 0 Å². The van der Waals surface area contributed by atoms with Crippen molar-refractivity contribution in [3.8, 4) is 0 Å². The van der Waals surface area contributed by atoms with E-state index < -0.39 is 5.54 Å². The number of hydrogen-bond donors (Lipinski definition) is 2. The fourth-order valence-electron chi connectivity index (χ4n) is 2.90. The second kappa shape index (κ2) is 6.52. The van der Waals surface area contributed by atoms with E-state index in [-0.39, 0.29) is 11.7 Å². The average molecular weight is 308 g/mol. The summed E-state index contributed by atoms with van der Waals surface area (Å²) in [6, 6.07) is 5.48. The lowest BCUT2D eigenvalue weighted by atomic mass is 9.75. The van der Waals surface area contributed by atoms with Crippen LogP contribution >= 0.6 is 12.2 Å². The fourth-order valence-corrected chi connectivity index (χ4v) is 3.16. The molecule has 21 heavy (non-hydrogen) atoms. The predicted octanol–water partition coefficient (Wildman–Crippen LogP) is 3.18. The van der Waals surface area contributed by atoms with Crippen LogP contribution in [0.2, 0.25) is 0 Å². The molecule has 1 aromatic rings. The van der Waals surface area contributed by atoms with Crippen molar-refractivity contribution >= 4 is 23.1 Å². The number of nitrogens with one attached hydrogen (secondary N) is 1. The monoisotopic (exact) mass is 308 g/mol. The van der Waals surface area contributed by atoms with Crippen molar-refractivity contribution in [3.05, 3.63) is 35.6 Å². The molecule has 114 valence electrons. The van der Waals surface area contributed by atoms with Gasteiger partial charge in [0.15, 0.2) is 0 Å². The molecule has 3 nitrogen and oxygen atoms in total. The van der Waals surface area contributed by atoms with Gasteiger partial charge < -0.3 is 11.1 Å². The summed E-state index contributed by atoms with van der Waals surface area (Å²) in [6.07, 6.45) is 4.70. The molecule has 1 amide bonds. The summed E-state index contributed by atoms with van der Waals surface area (Å²) in [5, 5.41) is 2.98. The smallest absolute Gasteiger partial charge is 0.252 e. The van der Waals surface area contributed by atoms with E-state index in [9.17, 15) is 9.18 Å². The van der Waals surface area contributed by atoms with Gasteiger partial charge >= 0.3 is 0 Å². The van der Waals surface area contributed by atoms with E-state index >= 15 is 0 Å². The van der Waals surface area contributed by atoms with Gasteiger partial charge in [-0.25, -0.2) is 4.39 Å². The van der Waals surface area contributed by atoms with Crippen molar-refractivity contribution < 1.29 is 9.18 Å². The van der Waals surface area contributed by atoms with Gasteiger partial charge in [0.05, 0.1) is 10.5 Å². The number of amides is 1.